The summed E-state index contributed by atoms with van der Waals surface area (Å²) in [5.41, 5.74) is -0.722. The maximum atomic E-state index is 12.7. The summed E-state index contributed by atoms with van der Waals surface area (Å²) in [6, 6.07) is 3.43. The number of hydrogen-bond donors (Lipinski definition) is 1. The van der Waals surface area contributed by atoms with E-state index >= 15 is 0 Å². The number of hydrogen-bond acceptors (Lipinski definition) is 2. The SMILES string of the molecule is C=C(Br)COc1ccc(CO)cc1C(F)(F)F. The lowest BCUT2D eigenvalue weighted by Crippen LogP contribution is -2.10. The first-order valence-electron chi connectivity index (χ1n) is 4.61. The highest BCUT2D eigenvalue weighted by molar-refractivity contribution is 9.11. The van der Waals surface area contributed by atoms with E-state index in [4.69, 9.17) is 9.84 Å². The van der Waals surface area contributed by atoms with Gasteiger partial charge < -0.3 is 9.84 Å². The molecule has 94 valence electrons. The van der Waals surface area contributed by atoms with Crippen LogP contribution >= 0.6 is 15.9 Å². The van der Waals surface area contributed by atoms with Crippen molar-refractivity contribution >= 4 is 15.9 Å². The first-order valence-corrected chi connectivity index (χ1v) is 5.41. The van der Waals surface area contributed by atoms with Crippen LogP contribution < -0.4 is 4.74 Å². The van der Waals surface area contributed by atoms with Gasteiger partial charge in [0.25, 0.3) is 0 Å². The second-order valence-electron chi connectivity index (χ2n) is 3.29. The average Bonchev–Trinajstić information content (AvgIpc) is 2.24. The zero-order chi connectivity index (χ0) is 13.1. The van der Waals surface area contributed by atoms with Gasteiger partial charge in [0, 0.05) is 4.48 Å². The number of aliphatic hydroxyl groups excluding tert-OH is 1. The van der Waals surface area contributed by atoms with Gasteiger partial charge in [0.05, 0.1) is 12.2 Å². The Balaban J connectivity index is 3.07. The second kappa shape index (κ2) is 5.55. The molecule has 0 saturated heterocycles. The molecule has 0 radical (unpaired) electrons. The van der Waals surface area contributed by atoms with Crippen LogP contribution in [0.15, 0.2) is 29.3 Å². The van der Waals surface area contributed by atoms with Crippen LogP contribution in [0.25, 0.3) is 0 Å². The van der Waals surface area contributed by atoms with Crippen molar-refractivity contribution in [3.8, 4) is 5.75 Å². The van der Waals surface area contributed by atoms with E-state index in [0.717, 1.165) is 6.07 Å². The van der Waals surface area contributed by atoms with E-state index in [0.29, 0.717) is 4.48 Å². The van der Waals surface area contributed by atoms with Gasteiger partial charge in [-0.25, -0.2) is 0 Å². The maximum absolute atomic E-state index is 12.7. The van der Waals surface area contributed by atoms with E-state index < -0.39 is 18.3 Å². The van der Waals surface area contributed by atoms with Crippen LogP contribution in [0.4, 0.5) is 13.2 Å². The normalized spacial score (nSPS) is 11.4. The van der Waals surface area contributed by atoms with Gasteiger partial charge in [-0.05, 0) is 17.7 Å². The smallest absolute Gasteiger partial charge is 0.419 e. The first kappa shape index (κ1) is 14.1. The molecule has 0 amide bonds. The topological polar surface area (TPSA) is 29.5 Å². The molecule has 6 heteroatoms. The molecule has 1 aromatic carbocycles. The first-order chi connectivity index (χ1) is 7.84. The number of ether oxygens (including phenoxy) is 1. The number of rotatable bonds is 4. The van der Waals surface area contributed by atoms with Crippen molar-refractivity contribution < 1.29 is 23.0 Å². The molecule has 1 N–H and O–H groups in total. The third-order valence-corrected chi connectivity index (χ3v) is 2.15. The van der Waals surface area contributed by atoms with Gasteiger partial charge in [-0.1, -0.05) is 28.6 Å². The summed E-state index contributed by atoms with van der Waals surface area (Å²) < 4.78 is 43.5. The van der Waals surface area contributed by atoms with Crippen LogP contribution in [0.2, 0.25) is 0 Å². The minimum Gasteiger partial charge on any atom is -0.488 e. The van der Waals surface area contributed by atoms with Crippen molar-refractivity contribution in [2.24, 2.45) is 0 Å². The summed E-state index contributed by atoms with van der Waals surface area (Å²) in [5.74, 6) is -0.282. The lowest BCUT2D eigenvalue weighted by molar-refractivity contribution is -0.138. The van der Waals surface area contributed by atoms with Gasteiger partial charge in [-0.15, -0.1) is 0 Å². The number of benzene rings is 1. The van der Waals surface area contributed by atoms with Crippen LogP contribution in [0.1, 0.15) is 11.1 Å². The molecular weight excluding hydrogens is 301 g/mol. The summed E-state index contributed by atoms with van der Waals surface area (Å²) in [6.45, 7) is 2.96. The Labute approximate surface area is 105 Å². The molecule has 0 heterocycles. The van der Waals surface area contributed by atoms with Crippen LogP contribution in [0.3, 0.4) is 0 Å². The summed E-state index contributed by atoms with van der Waals surface area (Å²) >= 11 is 2.99. The molecule has 0 unspecified atom stereocenters. The van der Waals surface area contributed by atoms with Crippen molar-refractivity contribution in [2.45, 2.75) is 12.8 Å². The number of halogens is 4. The molecule has 0 spiro atoms. The standard InChI is InChI=1S/C11H10BrF3O2/c1-7(12)6-17-10-3-2-8(5-16)4-9(10)11(13,14)15/h2-4,16H,1,5-6H2. The van der Waals surface area contributed by atoms with E-state index in [-0.39, 0.29) is 17.9 Å². The van der Waals surface area contributed by atoms with Gasteiger partial charge in [0.1, 0.15) is 12.4 Å². The van der Waals surface area contributed by atoms with E-state index in [1.165, 1.54) is 12.1 Å². The fraction of sp³-hybridized carbons (Fsp3) is 0.273. The molecule has 2 nitrogen and oxygen atoms in total. The van der Waals surface area contributed by atoms with Crippen molar-refractivity contribution in [1.82, 2.24) is 0 Å². The van der Waals surface area contributed by atoms with Gasteiger partial charge in [0.15, 0.2) is 0 Å². The van der Waals surface area contributed by atoms with Crippen LogP contribution in [-0.4, -0.2) is 11.7 Å². The van der Waals surface area contributed by atoms with Crippen LogP contribution in [0, 0.1) is 0 Å². The van der Waals surface area contributed by atoms with Crippen molar-refractivity contribution in [1.29, 1.82) is 0 Å². The highest BCUT2D eigenvalue weighted by Gasteiger charge is 2.34. The predicted molar refractivity (Wildman–Crippen MR) is 60.9 cm³/mol. The molecule has 0 fully saturated rings. The van der Waals surface area contributed by atoms with Crippen molar-refractivity contribution in [3.63, 3.8) is 0 Å². The molecule has 0 saturated carbocycles. The van der Waals surface area contributed by atoms with Crippen LogP contribution in [0.5, 0.6) is 5.75 Å². The lowest BCUT2D eigenvalue weighted by Gasteiger charge is -2.14. The third-order valence-electron chi connectivity index (χ3n) is 1.92. The fourth-order valence-corrected chi connectivity index (χ4v) is 1.29. The molecule has 0 aliphatic heterocycles. The quantitative estimate of drug-likeness (QED) is 0.922. The highest BCUT2D eigenvalue weighted by Crippen LogP contribution is 2.37. The maximum Gasteiger partial charge on any atom is 0.419 e. The molecule has 0 atom stereocenters. The molecule has 17 heavy (non-hydrogen) atoms. The summed E-state index contributed by atoms with van der Waals surface area (Å²) in [6.07, 6.45) is -4.52. The highest BCUT2D eigenvalue weighted by atomic mass is 79.9. The predicted octanol–water partition coefficient (Wildman–Crippen LogP) is 3.49. The fourth-order valence-electron chi connectivity index (χ4n) is 1.18. The van der Waals surface area contributed by atoms with E-state index in [1.54, 1.807) is 0 Å². The molecule has 0 aliphatic rings. The summed E-state index contributed by atoms with van der Waals surface area (Å²) in [7, 11) is 0. The lowest BCUT2D eigenvalue weighted by atomic mass is 10.1. The monoisotopic (exact) mass is 310 g/mol. The second-order valence-corrected chi connectivity index (χ2v) is 4.41. The average molecular weight is 311 g/mol. The summed E-state index contributed by atoms with van der Waals surface area (Å²) in [5, 5.41) is 8.81. The van der Waals surface area contributed by atoms with Crippen LogP contribution in [-0.2, 0) is 12.8 Å². The van der Waals surface area contributed by atoms with Gasteiger partial charge in [-0.3, -0.25) is 0 Å². The number of aliphatic hydroxyl groups is 1. The van der Waals surface area contributed by atoms with Gasteiger partial charge in [-0.2, -0.15) is 13.2 Å². The van der Waals surface area contributed by atoms with E-state index in [2.05, 4.69) is 22.5 Å². The Morgan fingerprint density at radius 1 is 1.41 bits per heavy atom. The zero-order valence-electron chi connectivity index (χ0n) is 8.72. The Bertz CT molecular complexity index is 416. The van der Waals surface area contributed by atoms with Gasteiger partial charge >= 0.3 is 6.18 Å². The molecular formula is C11H10BrF3O2. The van der Waals surface area contributed by atoms with Gasteiger partial charge in [0.2, 0.25) is 0 Å². The molecule has 0 aliphatic carbocycles. The Kier molecular flexibility index (Phi) is 4.59. The minimum atomic E-state index is -4.52. The Morgan fingerprint density at radius 3 is 2.53 bits per heavy atom. The Morgan fingerprint density at radius 2 is 2.06 bits per heavy atom. The van der Waals surface area contributed by atoms with E-state index in [1.807, 2.05) is 0 Å². The third kappa shape index (κ3) is 4.05. The molecule has 0 bridgehead atoms. The molecule has 1 aromatic rings. The minimum absolute atomic E-state index is 0.0540. The Hall–Kier alpha value is -1.01. The number of alkyl halides is 3. The summed E-state index contributed by atoms with van der Waals surface area (Å²) in [4.78, 5) is 0. The van der Waals surface area contributed by atoms with E-state index in [9.17, 15) is 13.2 Å². The largest absolute Gasteiger partial charge is 0.488 e. The van der Waals surface area contributed by atoms with Crippen molar-refractivity contribution in [2.75, 3.05) is 6.61 Å². The zero-order valence-corrected chi connectivity index (χ0v) is 10.3. The molecule has 0 aromatic heterocycles. The van der Waals surface area contributed by atoms with Crippen molar-refractivity contribution in [3.05, 3.63) is 40.4 Å². The molecule has 1 rings (SSSR count).